The van der Waals surface area contributed by atoms with Crippen LogP contribution in [0.4, 0.5) is 20.7 Å². The summed E-state index contributed by atoms with van der Waals surface area (Å²) in [6, 6.07) is 12.1. The van der Waals surface area contributed by atoms with Crippen molar-refractivity contribution < 1.29 is 28.3 Å². The largest absolute Gasteiger partial charge is 0.453 e. The van der Waals surface area contributed by atoms with Crippen LogP contribution in [0.1, 0.15) is 70.2 Å². The van der Waals surface area contributed by atoms with Crippen LogP contribution >= 0.6 is 11.6 Å². The van der Waals surface area contributed by atoms with Crippen LogP contribution in [0.15, 0.2) is 60.9 Å². The van der Waals surface area contributed by atoms with Gasteiger partial charge in [-0.1, -0.05) is 77.4 Å². The van der Waals surface area contributed by atoms with Crippen molar-refractivity contribution in [1.82, 2.24) is 30.5 Å². The average molecular weight is 775 g/mol. The van der Waals surface area contributed by atoms with Crippen LogP contribution in [0.5, 0.6) is 0 Å². The maximum atomic E-state index is 15.3. The van der Waals surface area contributed by atoms with Gasteiger partial charge in [-0.3, -0.25) is 14.4 Å². The van der Waals surface area contributed by atoms with Gasteiger partial charge in [0.25, 0.3) is 5.91 Å². The van der Waals surface area contributed by atoms with Gasteiger partial charge in [0.2, 0.25) is 11.8 Å². The standard InChI is InChI=1S/C40H48ClFN8O5/c1-22(2)34(49-39(54)55-7)37(52)50-21-23(3)16-32(50)35-46-20-31(47-35)25-10-8-24(9-11-25)27-17-29(42)30(18-28(27)41)48-36(51)26-12-13-33(45-19-26)43-14-15-44-38(53)40(4,5)6/h8-13,17-20,22-23,32,34H,14-16,21H2,1-7H3,(H,43,45)(H,44,53)(H,46,47)(H,48,51)(H,49,54)/t23-,32-,34-/m0/s1. The van der Waals surface area contributed by atoms with E-state index >= 15 is 4.39 Å². The number of aromatic nitrogens is 3. The van der Waals surface area contributed by atoms with Gasteiger partial charge in [-0.25, -0.2) is 19.2 Å². The van der Waals surface area contributed by atoms with Gasteiger partial charge in [0.05, 0.1) is 41.3 Å². The molecule has 0 bridgehead atoms. The van der Waals surface area contributed by atoms with E-state index < -0.39 is 29.3 Å². The highest BCUT2D eigenvalue weighted by molar-refractivity contribution is 6.33. The monoisotopic (exact) mass is 774 g/mol. The predicted molar refractivity (Wildman–Crippen MR) is 210 cm³/mol. The lowest BCUT2D eigenvalue weighted by Crippen LogP contribution is -2.51. The molecule has 1 aliphatic rings. The zero-order valence-electron chi connectivity index (χ0n) is 32.1. The Morgan fingerprint density at radius 2 is 1.73 bits per heavy atom. The topological polar surface area (TPSA) is 170 Å². The van der Waals surface area contributed by atoms with Crippen molar-refractivity contribution in [1.29, 1.82) is 0 Å². The lowest BCUT2D eigenvalue weighted by molar-refractivity contribution is -0.135. The van der Waals surface area contributed by atoms with Crippen molar-refractivity contribution in [3.8, 4) is 22.4 Å². The van der Waals surface area contributed by atoms with E-state index in [1.54, 1.807) is 23.2 Å². The zero-order valence-corrected chi connectivity index (χ0v) is 32.8. The Bertz CT molecular complexity index is 2010. The number of alkyl carbamates (subject to hydrolysis) is 1. The van der Waals surface area contributed by atoms with Crippen LogP contribution in [0.25, 0.3) is 22.4 Å². The lowest BCUT2D eigenvalue weighted by atomic mass is 9.96. The predicted octanol–water partition coefficient (Wildman–Crippen LogP) is 7.05. The van der Waals surface area contributed by atoms with Gasteiger partial charge < -0.3 is 35.9 Å². The Hall–Kier alpha value is -5.50. The molecule has 3 atom stereocenters. The van der Waals surface area contributed by atoms with E-state index in [0.717, 1.165) is 11.3 Å². The van der Waals surface area contributed by atoms with E-state index in [-0.39, 0.29) is 46.0 Å². The number of benzene rings is 2. The molecule has 2 aromatic heterocycles. The maximum Gasteiger partial charge on any atom is 0.407 e. The van der Waals surface area contributed by atoms with Gasteiger partial charge in [-0.05, 0) is 53.6 Å². The number of nitrogens with one attached hydrogen (secondary N) is 5. The van der Waals surface area contributed by atoms with Crippen LogP contribution in [0, 0.1) is 23.1 Å². The van der Waals surface area contributed by atoms with Gasteiger partial charge in [0, 0.05) is 36.8 Å². The summed E-state index contributed by atoms with van der Waals surface area (Å²) in [7, 11) is 1.26. The third kappa shape index (κ3) is 9.98. The Labute approximate surface area is 325 Å². The van der Waals surface area contributed by atoms with Gasteiger partial charge in [-0.2, -0.15) is 0 Å². The summed E-state index contributed by atoms with van der Waals surface area (Å²) in [5.41, 5.74) is 2.33. The number of rotatable bonds is 12. The molecule has 4 aromatic rings. The number of hydrogen-bond acceptors (Lipinski definition) is 8. The van der Waals surface area contributed by atoms with Crippen molar-refractivity contribution in [2.24, 2.45) is 17.3 Å². The summed E-state index contributed by atoms with van der Waals surface area (Å²) < 4.78 is 20.1. The first-order valence-electron chi connectivity index (χ1n) is 18.1. The number of likely N-dealkylation sites (tertiary alicyclic amines) is 1. The number of ether oxygens (including phenoxy) is 1. The van der Waals surface area contributed by atoms with Crippen molar-refractivity contribution in [2.45, 2.75) is 60.0 Å². The van der Waals surface area contributed by atoms with Crippen molar-refractivity contribution in [2.75, 3.05) is 37.4 Å². The molecule has 3 heterocycles. The molecule has 1 aliphatic heterocycles. The van der Waals surface area contributed by atoms with Crippen LogP contribution in [0.3, 0.4) is 0 Å². The number of anilines is 2. The summed E-state index contributed by atoms with van der Waals surface area (Å²) in [4.78, 5) is 64.5. The van der Waals surface area contributed by atoms with E-state index in [2.05, 4.69) is 43.1 Å². The molecule has 292 valence electrons. The Morgan fingerprint density at radius 3 is 2.36 bits per heavy atom. The number of carbonyl (C=O) groups is 4. The van der Waals surface area contributed by atoms with Crippen molar-refractivity contribution >= 4 is 46.9 Å². The second kappa shape index (κ2) is 17.3. The molecular weight excluding hydrogens is 727 g/mol. The molecular formula is C40H48ClFN8O5. The fourth-order valence-electron chi connectivity index (χ4n) is 6.23. The quantitative estimate of drug-likeness (QED) is 0.0954. The molecule has 1 fully saturated rings. The molecule has 15 heteroatoms. The van der Waals surface area contributed by atoms with Crippen LogP contribution in [0.2, 0.25) is 5.02 Å². The van der Waals surface area contributed by atoms with Crippen LogP contribution in [-0.4, -0.2) is 76.5 Å². The highest BCUT2D eigenvalue weighted by Crippen LogP contribution is 2.37. The third-order valence-electron chi connectivity index (χ3n) is 9.33. The molecule has 0 spiro atoms. The number of amides is 4. The molecule has 1 saturated heterocycles. The summed E-state index contributed by atoms with van der Waals surface area (Å²) in [5, 5.41) is 11.4. The smallest absolute Gasteiger partial charge is 0.407 e. The van der Waals surface area contributed by atoms with E-state index in [9.17, 15) is 19.2 Å². The lowest BCUT2D eigenvalue weighted by Gasteiger charge is -2.30. The molecule has 0 radical (unpaired) electrons. The Morgan fingerprint density at radius 1 is 1.02 bits per heavy atom. The summed E-state index contributed by atoms with van der Waals surface area (Å²) in [5.74, 6) is -0.223. The molecule has 2 aromatic carbocycles. The minimum absolute atomic E-state index is 0.0555. The minimum Gasteiger partial charge on any atom is -0.453 e. The Balaban J connectivity index is 1.22. The molecule has 13 nitrogen and oxygen atoms in total. The summed E-state index contributed by atoms with van der Waals surface area (Å²) in [6.07, 6.45) is 3.14. The van der Waals surface area contributed by atoms with Crippen LogP contribution < -0.4 is 21.3 Å². The van der Waals surface area contributed by atoms with E-state index in [1.807, 2.05) is 58.9 Å². The zero-order chi connectivity index (χ0) is 40.0. The molecule has 0 aliphatic carbocycles. The number of H-pyrrole nitrogens is 1. The molecule has 5 rings (SSSR count). The first kappa shape index (κ1) is 40.7. The van der Waals surface area contributed by atoms with Gasteiger partial charge in [0.15, 0.2) is 0 Å². The number of imidazole rings is 1. The SMILES string of the molecule is COC(=O)N[C@H](C(=O)N1C[C@@H](C)C[C@H]1c1ncc(-c2ccc(-c3cc(F)c(NC(=O)c4ccc(NCCNC(=O)C(C)(C)C)nc4)cc3Cl)cc2)[nH]1)C(C)C. The van der Waals surface area contributed by atoms with E-state index in [1.165, 1.54) is 25.4 Å². The highest BCUT2D eigenvalue weighted by atomic mass is 35.5. The number of pyridine rings is 1. The molecule has 5 N–H and O–H groups in total. The number of aromatic amines is 1. The molecule has 0 saturated carbocycles. The number of carbonyl (C=O) groups excluding carboxylic acids is 4. The van der Waals surface area contributed by atoms with E-state index in [4.69, 9.17) is 16.3 Å². The number of nitrogens with zero attached hydrogens (tertiary/aromatic N) is 3. The average Bonchev–Trinajstić information content (AvgIpc) is 3.80. The third-order valence-corrected chi connectivity index (χ3v) is 9.64. The number of hydrogen-bond donors (Lipinski definition) is 5. The second-order valence-corrected chi connectivity index (χ2v) is 15.5. The highest BCUT2D eigenvalue weighted by Gasteiger charge is 2.40. The van der Waals surface area contributed by atoms with Crippen LogP contribution in [-0.2, 0) is 14.3 Å². The first-order valence-corrected chi connectivity index (χ1v) is 18.5. The van der Waals surface area contributed by atoms with Crippen molar-refractivity contribution in [3.05, 3.63) is 83.2 Å². The number of methoxy groups -OCH3 is 1. The molecule has 55 heavy (non-hydrogen) atoms. The molecule has 4 amide bonds. The number of halogens is 2. The van der Waals surface area contributed by atoms with Gasteiger partial charge in [-0.15, -0.1) is 0 Å². The first-order chi connectivity index (χ1) is 26.0. The van der Waals surface area contributed by atoms with Crippen molar-refractivity contribution in [3.63, 3.8) is 0 Å². The van der Waals surface area contributed by atoms with Gasteiger partial charge >= 0.3 is 6.09 Å². The minimum atomic E-state index is -0.741. The van der Waals surface area contributed by atoms with Gasteiger partial charge in [0.1, 0.15) is 23.5 Å². The normalized spacial score (nSPS) is 16.1. The fourth-order valence-corrected chi connectivity index (χ4v) is 6.50. The Kier molecular flexibility index (Phi) is 12.8. The summed E-state index contributed by atoms with van der Waals surface area (Å²) in [6.45, 7) is 12.7. The molecule has 0 unspecified atom stereocenters. The maximum absolute atomic E-state index is 15.3. The second-order valence-electron chi connectivity index (χ2n) is 15.1. The van der Waals surface area contributed by atoms with E-state index in [0.29, 0.717) is 48.8 Å². The fraction of sp³-hybridized carbons (Fsp3) is 0.400. The summed E-state index contributed by atoms with van der Waals surface area (Å²) >= 11 is 6.61.